The second-order valence-corrected chi connectivity index (χ2v) is 12.6. The van der Waals surface area contributed by atoms with Crippen molar-refractivity contribution in [2.75, 3.05) is 6.61 Å². The highest BCUT2D eigenvalue weighted by molar-refractivity contribution is 6.07. The van der Waals surface area contributed by atoms with Gasteiger partial charge in [0.25, 0.3) is 0 Å². The van der Waals surface area contributed by atoms with Crippen molar-refractivity contribution in [1.29, 1.82) is 0 Å². The molecule has 0 aromatic carbocycles. The number of aliphatic hydroxyl groups excluding tert-OH is 4. The first-order valence-corrected chi connectivity index (χ1v) is 13.4. The van der Waals surface area contributed by atoms with Gasteiger partial charge in [-0.15, -0.1) is 0 Å². The number of carbonyl (C=O) groups is 2. The van der Waals surface area contributed by atoms with Gasteiger partial charge in [-0.25, -0.2) is 4.39 Å². The van der Waals surface area contributed by atoms with Gasteiger partial charge in [-0.2, -0.15) is 0 Å². The minimum absolute atomic E-state index is 0.00538. The Labute approximate surface area is 216 Å². The average molecular weight is 523 g/mol. The van der Waals surface area contributed by atoms with E-state index in [0.29, 0.717) is 31.3 Å². The summed E-state index contributed by atoms with van der Waals surface area (Å²) >= 11 is 0. The van der Waals surface area contributed by atoms with Crippen molar-refractivity contribution >= 4 is 11.6 Å². The third-order valence-corrected chi connectivity index (χ3v) is 11.1. The van der Waals surface area contributed by atoms with Crippen molar-refractivity contribution in [3.05, 3.63) is 23.3 Å². The fourth-order valence-electron chi connectivity index (χ4n) is 8.89. The molecule has 5 aliphatic rings. The highest BCUT2D eigenvalue weighted by Gasteiger charge is 2.72. The predicted molar refractivity (Wildman–Crippen MR) is 130 cm³/mol. The van der Waals surface area contributed by atoms with E-state index in [0.717, 1.165) is 0 Å². The van der Waals surface area contributed by atoms with Gasteiger partial charge >= 0.3 is 0 Å². The van der Waals surface area contributed by atoms with Gasteiger partial charge in [0, 0.05) is 16.4 Å². The maximum atomic E-state index is 17.6. The molecule has 4 fully saturated rings. The van der Waals surface area contributed by atoms with Gasteiger partial charge < -0.3 is 30.3 Å². The Morgan fingerprint density at radius 3 is 2.43 bits per heavy atom. The summed E-state index contributed by atoms with van der Waals surface area (Å²) in [4.78, 5) is 25.8. The first kappa shape index (κ1) is 27.1. The van der Waals surface area contributed by atoms with Crippen molar-refractivity contribution in [3.63, 3.8) is 0 Å². The standard InChI is InChI=1S/C28H39FO8/c1-13-9-18-17-6-5-15-10-19(32)16(24-23(35)22(34)21(33)20(12-30)37-24)11-26(15,4)27(17,29)8-7-25(18,3)28(13,36)14(2)31/h10-11,13,17-18,20-24,30,33-36H,5-9,12H2,1-4H3/t13?,17-,18-,20+,21-,22-,23+,24?,25-,26-,27?,28-/m0/s1. The molecule has 3 unspecified atom stereocenters. The summed E-state index contributed by atoms with van der Waals surface area (Å²) in [5.74, 6) is -1.73. The summed E-state index contributed by atoms with van der Waals surface area (Å²) in [6.07, 6.45) is -2.54. The van der Waals surface area contributed by atoms with Crippen LogP contribution < -0.4 is 0 Å². The molecule has 12 atom stereocenters. The lowest BCUT2D eigenvalue weighted by Crippen LogP contribution is -2.64. The third-order valence-electron chi connectivity index (χ3n) is 11.1. The van der Waals surface area contributed by atoms with E-state index in [4.69, 9.17) is 4.74 Å². The topological polar surface area (TPSA) is 145 Å². The van der Waals surface area contributed by atoms with Crippen molar-refractivity contribution in [2.24, 2.45) is 28.6 Å². The number of carbonyl (C=O) groups excluding carboxylic acids is 2. The average Bonchev–Trinajstić information content (AvgIpc) is 3.05. The van der Waals surface area contributed by atoms with Gasteiger partial charge in [-0.3, -0.25) is 9.59 Å². The van der Waals surface area contributed by atoms with E-state index in [1.165, 1.54) is 19.1 Å². The number of aliphatic hydroxyl groups is 5. The van der Waals surface area contributed by atoms with Crippen LogP contribution in [0.5, 0.6) is 0 Å². The zero-order valence-corrected chi connectivity index (χ0v) is 21.9. The van der Waals surface area contributed by atoms with Gasteiger partial charge in [-0.1, -0.05) is 25.5 Å². The summed E-state index contributed by atoms with van der Waals surface area (Å²) in [5, 5.41) is 52.3. The maximum Gasteiger partial charge on any atom is 0.184 e. The molecule has 8 nitrogen and oxygen atoms in total. The summed E-state index contributed by atoms with van der Waals surface area (Å²) in [6.45, 7) is 6.30. The molecule has 0 aromatic heterocycles. The number of Topliss-reactive ketones (excluding diaryl/α,β-unsaturated/α-hetero) is 1. The molecule has 5 N–H and O–H groups in total. The number of fused-ring (bicyclic) bond motifs is 5. The van der Waals surface area contributed by atoms with E-state index in [-0.39, 0.29) is 29.6 Å². The number of rotatable bonds is 3. The van der Waals surface area contributed by atoms with Crippen molar-refractivity contribution in [1.82, 2.24) is 0 Å². The van der Waals surface area contributed by atoms with Gasteiger partial charge in [0.2, 0.25) is 0 Å². The van der Waals surface area contributed by atoms with E-state index in [1.807, 2.05) is 13.8 Å². The van der Waals surface area contributed by atoms with Crippen LogP contribution in [0.3, 0.4) is 0 Å². The molecule has 3 saturated carbocycles. The van der Waals surface area contributed by atoms with Gasteiger partial charge in [0.05, 0.1) is 6.61 Å². The van der Waals surface area contributed by atoms with Gasteiger partial charge in [0.1, 0.15) is 41.8 Å². The monoisotopic (exact) mass is 522 g/mol. The number of ether oxygens (including phenoxy) is 1. The lowest BCUT2D eigenvalue weighted by Gasteiger charge is -2.61. The Bertz CT molecular complexity index is 1070. The van der Waals surface area contributed by atoms with E-state index in [1.54, 1.807) is 6.92 Å². The highest BCUT2D eigenvalue weighted by atomic mass is 19.1. The summed E-state index contributed by atoms with van der Waals surface area (Å²) in [5.41, 5.74) is -4.61. The molecule has 0 amide bonds. The van der Waals surface area contributed by atoms with E-state index in [2.05, 4.69) is 0 Å². The van der Waals surface area contributed by atoms with Crippen LogP contribution in [-0.4, -0.2) is 85.5 Å². The number of halogens is 1. The van der Waals surface area contributed by atoms with Crippen LogP contribution in [0.25, 0.3) is 0 Å². The summed E-state index contributed by atoms with van der Waals surface area (Å²) in [7, 11) is 0. The van der Waals surface area contributed by atoms with Crippen molar-refractivity contribution in [3.8, 4) is 0 Å². The minimum Gasteiger partial charge on any atom is -0.394 e. The number of allylic oxidation sites excluding steroid dienone is 3. The highest BCUT2D eigenvalue weighted by Crippen LogP contribution is 2.71. The molecule has 0 spiro atoms. The number of hydrogen-bond donors (Lipinski definition) is 5. The molecule has 5 rings (SSSR count). The van der Waals surface area contributed by atoms with E-state index >= 15 is 4.39 Å². The SMILES string of the molecule is CC(=O)[C@@]1(O)C(C)C[C@H]2[C@@H]3CCC4=CC(=O)C(C5O[C@H](CO)[C@H](O)[C@H](O)[C@H]5O)=C[C@]4(C)C3(F)CC[C@@]21C. The Morgan fingerprint density at radius 1 is 1.14 bits per heavy atom. The molecule has 0 bridgehead atoms. The van der Waals surface area contributed by atoms with Crippen molar-refractivity contribution < 1.29 is 44.2 Å². The smallest absolute Gasteiger partial charge is 0.184 e. The molecule has 1 saturated heterocycles. The lowest BCUT2D eigenvalue weighted by atomic mass is 9.45. The van der Waals surface area contributed by atoms with E-state index < -0.39 is 70.9 Å². The Balaban J connectivity index is 1.56. The molecule has 37 heavy (non-hydrogen) atoms. The van der Waals surface area contributed by atoms with Crippen LogP contribution in [0.4, 0.5) is 4.39 Å². The largest absolute Gasteiger partial charge is 0.394 e. The van der Waals surface area contributed by atoms with Crippen LogP contribution in [0.15, 0.2) is 23.3 Å². The summed E-state index contributed by atoms with van der Waals surface area (Å²) < 4.78 is 23.2. The molecule has 1 heterocycles. The summed E-state index contributed by atoms with van der Waals surface area (Å²) in [6, 6.07) is 0. The lowest BCUT2D eigenvalue weighted by molar-refractivity contribution is -0.220. The fraction of sp³-hybridized carbons (Fsp3) is 0.786. The quantitative estimate of drug-likeness (QED) is 0.372. The van der Waals surface area contributed by atoms with Gasteiger partial charge in [-0.05, 0) is 69.8 Å². The molecule has 4 aliphatic carbocycles. The first-order valence-electron chi connectivity index (χ1n) is 13.4. The Kier molecular flexibility index (Phi) is 6.23. The maximum absolute atomic E-state index is 17.6. The zero-order chi connectivity index (χ0) is 27.3. The van der Waals surface area contributed by atoms with Crippen molar-refractivity contribution in [2.45, 2.75) is 102 Å². The molecule has 206 valence electrons. The van der Waals surface area contributed by atoms with Crippen LogP contribution in [0.2, 0.25) is 0 Å². The molecule has 1 aliphatic heterocycles. The number of ketones is 2. The van der Waals surface area contributed by atoms with Crippen LogP contribution >= 0.6 is 0 Å². The molecule has 9 heteroatoms. The minimum atomic E-state index is -1.77. The van der Waals surface area contributed by atoms with Gasteiger partial charge in [0.15, 0.2) is 11.6 Å². The third kappa shape index (κ3) is 3.28. The zero-order valence-electron chi connectivity index (χ0n) is 21.9. The number of hydrogen-bond acceptors (Lipinski definition) is 8. The van der Waals surface area contributed by atoms with Crippen LogP contribution in [0, 0.1) is 28.6 Å². The number of alkyl halides is 1. The van der Waals surface area contributed by atoms with E-state index in [9.17, 15) is 35.1 Å². The molecular formula is C28H39FO8. The molecule has 0 aromatic rings. The second-order valence-electron chi connectivity index (χ2n) is 12.6. The van der Waals surface area contributed by atoms with Crippen LogP contribution in [-0.2, 0) is 14.3 Å². The fourth-order valence-corrected chi connectivity index (χ4v) is 8.89. The molecule has 0 radical (unpaired) electrons. The predicted octanol–water partition coefficient (Wildman–Crippen LogP) is 1.17. The Hall–Kier alpha value is -1.49. The second kappa shape index (κ2) is 8.50. The van der Waals surface area contributed by atoms with Crippen LogP contribution in [0.1, 0.15) is 59.8 Å². The Morgan fingerprint density at radius 2 is 1.81 bits per heavy atom. The molecular weight excluding hydrogens is 483 g/mol. The normalized spacial score (nSPS) is 53.5. The first-order chi connectivity index (χ1) is 17.2.